The Labute approximate surface area is 138 Å². The van der Waals surface area contributed by atoms with Gasteiger partial charge < -0.3 is 15.5 Å². The number of nitrogens with zero attached hydrogens (tertiary/aromatic N) is 2. The molecule has 1 saturated heterocycles. The minimum absolute atomic E-state index is 0.160. The zero-order valence-corrected chi connectivity index (χ0v) is 13.2. The summed E-state index contributed by atoms with van der Waals surface area (Å²) in [4.78, 5) is 18.1. The number of aromatic nitrogens is 3. The van der Waals surface area contributed by atoms with Gasteiger partial charge in [0.15, 0.2) is 0 Å². The standard InChI is InChI=1S/C17H19N5O2/c18-17-13(9-19-21-17)16(23)15-8-12-2-1-11(7-14(12)20-15)10-22-3-5-24-6-4-22/h1-2,7-9,20H,3-6,10H2,(H3,18,19,21). The van der Waals surface area contributed by atoms with Crippen molar-refractivity contribution in [1.29, 1.82) is 0 Å². The van der Waals surface area contributed by atoms with Crippen LogP contribution >= 0.6 is 0 Å². The number of nitrogens with one attached hydrogen (secondary N) is 2. The first-order valence-electron chi connectivity index (χ1n) is 7.96. The maximum atomic E-state index is 12.5. The van der Waals surface area contributed by atoms with Crippen LogP contribution in [-0.4, -0.2) is 52.2 Å². The first-order valence-corrected chi connectivity index (χ1v) is 7.96. The van der Waals surface area contributed by atoms with Crippen molar-refractivity contribution in [1.82, 2.24) is 20.1 Å². The number of morpholine rings is 1. The highest BCUT2D eigenvalue weighted by Crippen LogP contribution is 2.21. The number of anilines is 1. The van der Waals surface area contributed by atoms with Crippen LogP contribution in [0.4, 0.5) is 5.82 Å². The fourth-order valence-corrected chi connectivity index (χ4v) is 3.03. The van der Waals surface area contributed by atoms with Gasteiger partial charge in [-0.2, -0.15) is 5.10 Å². The highest BCUT2D eigenvalue weighted by Gasteiger charge is 2.17. The zero-order valence-electron chi connectivity index (χ0n) is 13.2. The van der Waals surface area contributed by atoms with E-state index in [-0.39, 0.29) is 11.6 Å². The number of benzene rings is 1. The molecule has 1 aliphatic heterocycles. The van der Waals surface area contributed by atoms with E-state index in [4.69, 9.17) is 10.5 Å². The van der Waals surface area contributed by atoms with E-state index in [2.05, 4.69) is 32.2 Å². The summed E-state index contributed by atoms with van der Waals surface area (Å²) in [6.07, 6.45) is 1.45. The van der Waals surface area contributed by atoms with E-state index in [0.717, 1.165) is 43.8 Å². The summed E-state index contributed by atoms with van der Waals surface area (Å²) >= 11 is 0. The van der Waals surface area contributed by atoms with Crippen molar-refractivity contribution in [3.8, 4) is 0 Å². The Bertz CT molecular complexity index is 876. The average Bonchev–Trinajstić information content (AvgIpc) is 3.21. The van der Waals surface area contributed by atoms with E-state index in [1.807, 2.05) is 12.1 Å². The summed E-state index contributed by atoms with van der Waals surface area (Å²) in [7, 11) is 0. The Morgan fingerprint density at radius 1 is 1.29 bits per heavy atom. The zero-order chi connectivity index (χ0) is 16.5. The van der Waals surface area contributed by atoms with E-state index < -0.39 is 0 Å². The number of hydrogen-bond donors (Lipinski definition) is 3. The molecule has 7 heteroatoms. The summed E-state index contributed by atoms with van der Waals surface area (Å²) in [5.74, 6) is 0.124. The van der Waals surface area contributed by atoms with Crippen LogP contribution in [0.3, 0.4) is 0 Å². The largest absolute Gasteiger partial charge is 0.383 e. The number of rotatable bonds is 4. The van der Waals surface area contributed by atoms with E-state index >= 15 is 0 Å². The average molecular weight is 325 g/mol. The molecule has 0 aliphatic carbocycles. The van der Waals surface area contributed by atoms with Gasteiger partial charge in [0.1, 0.15) is 5.82 Å². The van der Waals surface area contributed by atoms with Gasteiger partial charge in [-0.05, 0) is 17.7 Å². The van der Waals surface area contributed by atoms with Crippen molar-refractivity contribution in [2.45, 2.75) is 6.54 Å². The molecule has 0 spiro atoms. The van der Waals surface area contributed by atoms with Gasteiger partial charge in [0.25, 0.3) is 0 Å². The van der Waals surface area contributed by atoms with Crippen LogP contribution in [0, 0.1) is 0 Å². The minimum atomic E-state index is -0.160. The van der Waals surface area contributed by atoms with E-state index in [1.54, 1.807) is 0 Å². The Kier molecular flexibility index (Phi) is 3.79. The van der Waals surface area contributed by atoms with Gasteiger partial charge >= 0.3 is 0 Å². The van der Waals surface area contributed by atoms with E-state index in [1.165, 1.54) is 11.8 Å². The van der Waals surface area contributed by atoms with E-state index in [0.29, 0.717) is 11.3 Å². The number of ketones is 1. The highest BCUT2D eigenvalue weighted by molar-refractivity contribution is 6.12. The Hall–Kier alpha value is -2.64. The number of nitrogens with two attached hydrogens (primary N) is 1. The minimum Gasteiger partial charge on any atom is -0.383 e. The van der Waals surface area contributed by atoms with Crippen molar-refractivity contribution in [3.63, 3.8) is 0 Å². The van der Waals surface area contributed by atoms with E-state index in [9.17, 15) is 4.79 Å². The van der Waals surface area contributed by atoms with Gasteiger partial charge in [0.2, 0.25) is 5.78 Å². The molecule has 2 aromatic heterocycles. The highest BCUT2D eigenvalue weighted by atomic mass is 16.5. The summed E-state index contributed by atoms with van der Waals surface area (Å²) < 4.78 is 5.38. The summed E-state index contributed by atoms with van der Waals surface area (Å²) in [5, 5.41) is 7.39. The number of ether oxygens (including phenoxy) is 1. The van der Waals surface area contributed by atoms with Crippen molar-refractivity contribution in [3.05, 3.63) is 47.3 Å². The molecule has 0 unspecified atom stereocenters. The van der Waals surface area contributed by atoms with Crippen LogP contribution in [0.1, 0.15) is 21.6 Å². The fourth-order valence-electron chi connectivity index (χ4n) is 3.03. The Balaban J connectivity index is 1.59. The molecular weight excluding hydrogens is 306 g/mol. The topological polar surface area (TPSA) is 100 Å². The van der Waals surface area contributed by atoms with Crippen molar-refractivity contribution < 1.29 is 9.53 Å². The van der Waals surface area contributed by atoms with Crippen LogP contribution < -0.4 is 5.73 Å². The molecule has 4 rings (SSSR count). The smallest absolute Gasteiger partial charge is 0.214 e. The monoisotopic (exact) mass is 325 g/mol. The molecule has 1 aromatic carbocycles. The second kappa shape index (κ2) is 6.10. The lowest BCUT2D eigenvalue weighted by Gasteiger charge is -2.26. The summed E-state index contributed by atoms with van der Waals surface area (Å²) in [5.41, 5.74) is 8.80. The molecule has 7 nitrogen and oxygen atoms in total. The Morgan fingerprint density at radius 3 is 2.88 bits per heavy atom. The Morgan fingerprint density at radius 2 is 2.12 bits per heavy atom. The first kappa shape index (κ1) is 14.9. The van der Waals surface area contributed by atoms with Gasteiger partial charge in [0, 0.05) is 30.5 Å². The summed E-state index contributed by atoms with van der Waals surface area (Å²) in [6.45, 7) is 4.36. The molecule has 0 bridgehead atoms. The first-order chi connectivity index (χ1) is 11.7. The van der Waals surface area contributed by atoms with Crippen molar-refractivity contribution in [2.24, 2.45) is 0 Å². The van der Waals surface area contributed by atoms with Crippen LogP contribution in [-0.2, 0) is 11.3 Å². The molecule has 24 heavy (non-hydrogen) atoms. The molecule has 3 heterocycles. The predicted molar refractivity (Wildman–Crippen MR) is 90.8 cm³/mol. The van der Waals surface area contributed by atoms with Gasteiger partial charge in [0.05, 0.1) is 30.7 Å². The molecule has 0 radical (unpaired) electrons. The number of nitrogen functional groups attached to an aromatic ring is 1. The van der Waals surface area contributed by atoms with Crippen LogP contribution in [0.2, 0.25) is 0 Å². The number of aromatic amines is 2. The molecular formula is C17H19N5O2. The number of hydrogen-bond acceptors (Lipinski definition) is 5. The predicted octanol–water partition coefficient (Wildman–Crippen LogP) is 1.54. The van der Waals surface area contributed by atoms with Gasteiger partial charge in [-0.3, -0.25) is 14.8 Å². The van der Waals surface area contributed by atoms with Crippen molar-refractivity contribution in [2.75, 3.05) is 32.0 Å². The van der Waals surface area contributed by atoms with Crippen LogP contribution in [0.5, 0.6) is 0 Å². The maximum Gasteiger partial charge on any atom is 0.214 e. The molecule has 4 N–H and O–H groups in total. The molecule has 1 aliphatic rings. The lowest BCUT2D eigenvalue weighted by atomic mass is 10.1. The normalized spacial score (nSPS) is 15.8. The lowest BCUT2D eigenvalue weighted by molar-refractivity contribution is 0.0342. The van der Waals surface area contributed by atoms with Gasteiger partial charge in [-0.15, -0.1) is 0 Å². The van der Waals surface area contributed by atoms with Gasteiger partial charge in [-0.1, -0.05) is 12.1 Å². The molecule has 0 saturated carbocycles. The second-order valence-electron chi connectivity index (χ2n) is 6.02. The van der Waals surface area contributed by atoms with Gasteiger partial charge in [-0.25, -0.2) is 0 Å². The number of carbonyl (C=O) groups is 1. The number of H-pyrrole nitrogens is 2. The quantitative estimate of drug-likeness (QED) is 0.632. The third-order valence-corrected chi connectivity index (χ3v) is 4.35. The number of carbonyl (C=O) groups excluding carboxylic acids is 1. The lowest BCUT2D eigenvalue weighted by Crippen LogP contribution is -2.35. The summed E-state index contributed by atoms with van der Waals surface area (Å²) in [6, 6.07) is 8.09. The molecule has 3 aromatic rings. The van der Waals surface area contributed by atoms with Crippen LogP contribution in [0.15, 0.2) is 30.5 Å². The SMILES string of the molecule is Nc1[nH]ncc1C(=O)c1cc2ccc(CN3CCOCC3)cc2[nH]1. The van der Waals surface area contributed by atoms with Crippen molar-refractivity contribution >= 4 is 22.5 Å². The molecule has 0 atom stereocenters. The number of fused-ring (bicyclic) bond motifs is 1. The third-order valence-electron chi connectivity index (χ3n) is 4.35. The molecule has 124 valence electrons. The second-order valence-corrected chi connectivity index (χ2v) is 6.02. The fraction of sp³-hybridized carbons (Fsp3) is 0.294. The maximum absolute atomic E-state index is 12.5. The molecule has 0 amide bonds. The van der Waals surface area contributed by atoms with Crippen LogP contribution in [0.25, 0.3) is 10.9 Å². The molecule has 1 fully saturated rings. The third kappa shape index (κ3) is 2.79.